The lowest BCUT2D eigenvalue weighted by Crippen LogP contribution is -2.29. The van der Waals surface area contributed by atoms with Crippen LogP contribution in [0, 0.1) is 0 Å². The number of nitrogens with zero attached hydrogens (tertiary/aromatic N) is 1. The number of aliphatic hydroxyl groups is 1. The topological polar surface area (TPSA) is 42.4 Å². The number of benzene rings is 1. The van der Waals surface area contributed by atoms with Crippen LogP contribution in [0.25, 0.3) is 0 Å². The zero-order valence-corrected chi connectivity index (χ0v) is 11.3. The van der Waals surface area contributed by atoms with Crippen molar-refractivity contribution in [1.29, 1.82) is 0 Å². The second-order valence-electron chi connectivity index (χ2n) is 4.98. The fourth-order valence-corrected chi connectivity index (χ4v) is 2.20. The number of pyridine rings is 1. The van der Waals surface area contributed by atoms with E-state index in [1.807, 2.05) is 36.4 Å². The van der Waals surface area contributed by atoms with Crippen LogP contribution in [0.2, 0.25) is 0 Å². The summed E-state index contributed by atoms with van der Waals surface area (Å²) in [6.45, 7) is 2.14. The number of aromatic nitrogens is 1. The first-order valence-electron chi connectivity index (χ1n) is 6.32. The molecule has 0 bridgehead atoms. The van der Waals surface area contributed by atoms with Crippen LogP contribution in [0.3, 0.4) is 0 Å². The molecule has 0 aliphatic carbocycles. The molecule has 1 aromatic carbocycles. The molecule has 2 rings (SSSR count). The third-order valence-electron chi connectivity index (χ3n) is 3.46. The molecule has 3 heteroatoms. The number of methoxy groups -OCH3 is 1. The van der Waals surface area contributed by atoms with Gasteiger partial charge in [0.05, 0.1) is 13.7 Å². The summed E-state index contributed by atoms with van der Waals surface area (Å²) in [6, 6.07) is 11.8. The predicted molar refractivity (Wildman–Crippen MR) is 75.4 cm³/mol. The molecule has 0 spiro atoms. The third kappa shape index (κ3) is 3.12. The van der Waals surface area contributed by atoms with E-state index in [-0.39, 0.29) is 12.0 Å². The molecule has 0 fully saturated rings. The van der Waals surface area contributed by atoms with Crippen molar-refractivity contribution in [2.75, 3.05) is 13.7 Å². The van der Waals surface area contributed by atoms with Crippen LogP contribution < -0.4 is 4.74 Å². The Bertz CT molecular complexity index is 527. The molecule has 1 N–H and O–H groups in total. The molecule has 19 heavy (non-hydrogen) atoms. The second kappa shape index (κ2) is 5.85. The Morgan fingerprint density at radius 3 is 2.58 bits per heavy atom. The molecule has 0 radical (unpaired) electrons. The minimum atomic E-state index is -0.324. The van der Waals surface area contributed by atoms with E-state index in [0.29, 0.717) is 0 Å². The molecule has 0 amide bonds. The van der Waals surface area contributed by atoms with Gasteiger partial charge < -0.3 is 9.84 Å². The van der Waals surface area contributed by atoms with Crippen LogP contribution in [0.15, 0.2) is 48.8 Å². The summed E-state index contributed by atoms with van der Waals surface area (Å²) in [4.78, 5) is 4.02. The normalized spacial score (nSPS) is 13.8. The van der Waals surface area contributed by atoms with Crippen LogP contribution in [-0.2, 0) is 11.8 Å². The average molecular weight is 257 g/mol. The zero-order chi connectivity index (χ0) is 13.7. The molecule has 2 aromatic rings. The van der Waals surface area contributed by atoms with Gasteiger partial charge in [0.2, 0.25) is 0 Å². The molecule has 100 valence electrons. The number of hydrogen-bond donors (Lipinski definition) is 1. The van der Waals surface area contributed by atoms with Crippen molar-refractivity contribution in [3.05, 3.63) is 59.9 Å². The van der Waals surface area contributed by atoms with Crippen molar-refractivity contribution in [2.45, 2.75) is 18.8 Å². The summed E-state index contributed by atoms with van der Waals surface area (Å²) in [5.74, 6) is 0.812. The van der Waals surface area contributed by atoms with Crippen molar-refractivity contribution in [3.63, 3.8) is 0 Å². The van der Waals surface area contributed by atoms with Gasteiger partial charge in [-0.1, -0.05) is 19.1 Å². The largest absolute Gasteiger partial charge is 0.497 e. The summed E-state index contributed by atoms with van der Waals surface area (Å²) >= 11 is 0. The van der Waals surface area contributed by atoms with E-state index in [9.17, 15) is 5.11 Å². The first-order valence-corrected chi connectivity index (χ1v) is 6.32. The van der Waals surface area contributed by atoms with E-state index in [1.54, 1.807) is 19.5 Å². The molecular weight excluding hydrogens is 238 g/mol. The van der Waals surface area contributed by atoms with Gasteiger partial charge in [-0.2, -0.15) is 0 Å². The summed E-state index contributed by atoms with van der Waals surface area (Å²) in [6.07, 6.45) is 4.32. The van der Waals surface area contributed by atoms with Crippen molar-refractivity contribution < 1.29 is 9.84 Å². The zero-order valence-electron chi connectivity index (χ0n) is 11.3. The Kier molecular flexibility index (Phi) is 4.17. The molecule has 0 aliphatic rings. The fourth-order valence-electron chi connectivity index (χ4n) is 2.20. The minimum Gasteiger partial charge on any atom is -0.497 e. The number of aliphatic hydroxyl groups excluding tert-OH is 1. The Hall–Kier alpha value is -1.87. The molecule has 1 heterocycles. The summed E-state index contributed by atoms with van der Waals surface area (Å²) in [5, 5.41) is 9.81. The lowest BCUT2D eigenvalue weighted by atomic mass is 9.78. The molecule has 0 saturated carbocycles. The summed E-state index contributed by atoms with van der Waals surface area (Å²) in [5.41, 5.74) is 1.91. The van der Waals surface area contributed by atoms with E-state index >= 15 is 0 Å². The summed E-state index contributed by atoms with van der Waals surface area (Å²) < 4.78 is 5.25. The van der Waals surface area contributed by atoms with E-state index < -0.39 is 0 Å². The van der Waals surface area contributed by atoms with E-state index in [0.717, 1.165) is 23.3 Å². The smallest absolute Gasteiger partial charge is 0.119 e. The van der Waals surface area contributed by atoms with Crippen molar-refractivity contribution in [1.82, 2.24) is 4.98 Å². The van der Waals surface area contributed by atoms with Gasteiger partial charge in [-0.25, -0.2) is 0 Å². The van der Waals surface area contributed by atoms with Crippen LogP contribution in [0.4, 0.5) is 0 Å². The van der Waals surface area contributed by atoms with Gasteiger partial charge in [0.25, 0.3) is 0 Å². The van der Waals surface area contributed by atoms with Gasteiger partial charge >= 0.3 is 0 Å². The van der Waals surface area contributed by atoms with E-state index in [1.165, 1.54) is 0 Å². The van der Waals surface area contributed by atoms with Crippen molar-refractivity contribution >= 4 is 0 Å². The molecule has 1 unspecified atom stereocenters. The Labute approximate surface area is 113 Å². The number of hydrogen-bond acceptors (Lipinski definition) is 3. The maximum atomic E-state index is 9.81. The molecule has 0 aliphatic heterocycles. The van der Waals surface area contributed by atoms with Gasteiger partial charge in [0.1, 0.15) is 5.75 Å². The molecular formula is C16H19NO2. The number of rotatable bonds is 5. The highest BCUT2D eigenvalue weighted by atomic mass is 16.5. The summed E-state index contributed by atoms with van der Waals surface area (Å²) in [7, 11) is 1.65. The monoisotopic (exact) mass is 257 g/mol. The third-order valence-corrected chi connectivity index (χ3v) is 3.46. The Balaban J connectivity index is 2.30. The fraction of sp³-hybridized carbons (Fsp3) is 0.312. The van der Waals surface area contributed by atoms with Gasteiger partial charge in [-0.3, -0.25) is 4.98 Å². The van der Waals surface area contributed by atoms with Crippen LogP contribution in [0.1, 0.15) is 18.1 Å². The maximum Gasteiger partial charge on any atom is 0.119 e. The average Bonchev–Trinajstić information content (AvgIpc) is 2.48. The van der Waals surface area contributed by atoms with Gasteiger partial charge in [0.15, 0.2) is 0 Å². The van der Waals surface area contributed by atoms with Crippen LogP contribution in [0.5, 0.6) is 5.75 Å². The van der Waals surface area contributed by atoms with E-state index in [2.05, 4.69) is 11.9 Å². The van der Waals surface area contributed by atoms with Crippen LogP contribution >= 0.6 is 0 Å². The molecule has 1 atom stereocenters. The molecule has 3 nitrogen and oxygen atoms in total. The standard InChI is InChI=1S/C16H19NO2/c1-16(12-18,11-13-6-8-17-9-7-13)14-4-3-5-15(10-14)19-2/h3-10,18H,11-12H2,1-2H3. The number of ether oxygens (including phenoxy) is 1. The van der Waals surface area contributed by atoms with Crippen LogP contribution in [-0.4, -0.2) is 23.8 Å². The highest BCUT2D eigenvalue weighted by molar-refractivity contribution is 5.35. The SMILES string of the molecule is COc1cccc(C(C)(CO)Cc2ccncc2)c1. The minimum absolute atomic E-state index is 0.0858. The first kappa shape index (κ1) is 13.6. The molecule has 0 saturated heterocycles. The quantitative estimate of drug-likeness (QED) is 0.895. The maximum absolute atomic E-state index is 9.81. The van der Waals surface area contributed by atoms with Gasteiger partial charge in [-0.15, -0.1) is 0 Å². The molecule has 1 aromatic heterocycles. The lowest BCUT2D eigenvalue weighted by Gasteiger charge is -2.28. The van der Waals surface area contributed by atoms with Gasteiger partial charge in [0, 0.05) is 17.8 Å². The highest BCUT2D eigenvalue weighted by Crippen LogP contribution is 2.30. The van der Waals surface area contributed by atoms with Crippen molar-refractivity contribution in [2.24, 2.45) is 0 Å². The Morgan fingerprint density at radius 2 is 1.95 bits per heavy atom. The lowest BCUT2D eigenvalue weighted by molar-refractivity contribution is 0.204. The van der Waals surface area contributed by atoms with Gasteiger partial charge in [-0.05, 0) is 41.8 Å². The first-order chi connectivity index (χ1) is 9.18. The highest BCUT2D eigenvalue weighted by Gasteiger charge is 2.26. The van der Waals surface area contributed by atoms with E-state index in [4.69, 9.17) is 4.74 Å². The van der Waals surface area contributed by atoms with Crippen molar-refractivity contribution in [3.8, 4) is 5.75 Å². The Morgan fingerprint density at radius 1 is 1.21 bits per heavy atom. The predicted octanol–water partition coefficient (Wildman–Crippen LogP) is 2.58. The second-order valence-corrected chi connectivity index (χ2v) is 4.98.